The van der Waals surface area contributed by atoms with Crippen LogP contribution in [0.5, 0.6) is 0 Å². The molecule has 0 spiro atoms. The molecule has 26 heavy (non-hydrogen) atoms. The van der Waals surface area contributed by atoms with Crippen molar-refractivity contribution >= 4 is 35.1 Å². The Morgan fingerprint density at radius 1 is 1.04 bits per heavy atom. The molecule has 0 aliphatic carbocycles. The number of nitrogens with zero attached hydrogens (tertiary/aromatic N) is 2. The van der Waals surface area contributed by atoms with Crippen LogP contribution in [0.15, 0.2) is 82.0 Å². The Morgan fingerprint density at radius 3 is 2.42 bits per heavy atom. The third-order valence-corrected chi connectivity index (χ3v) is 4.33. The summed E-state index contributed by atoms with van der Waals surface area (Å²) < 4.78 is 5.32. The maximum atomic E-state index is 13.0. The van der Waals surface area contributed by atoms with Crippen LogP contribution in [-0.2, 0) is 4.79 Å². The molecule has 3 aromatic rings. The average Bonchev–Trinajstić information content (AvgIpc) is 3.26. The Bertz CT molecular complexity index is 1000. The molecule has 0 bridgehead atoms. The molecule has 4 rings (SSSR count). The Balaban J connectivity index is 1.82. The molecule has 1 aliphatic rings. The van der Waals surface area contributed by atoms with Crippen LogP contribution in [0.1, 0.15) is 16.9 Å². The van der Waals surface area contributed by atoms with Gasteiger partial charge in [-0.15, -0.1) is 0 Å². The summed E-state index contributed by atoms with van der Waals surface area (Å²) in [6.07, 6.45) is 3.21. The number of hydrogen-bond acceptors (Lipinski definition) is 3. The number of benzene rings is 2. The maximum Gasteiger partial charge on any atom is 0.282 e. The van der Waals surface area contributed by atoms with E-state index in [4.69, 9.17) is 16.0 Å². The number of amidine groups is 1. The van der Waals surface area contributed by atoms with Crippen molar-refractivity contribution in [2.45, 2.75) is 6.92 Å². The topological polar surface area (TPSA) is 45.8 Å². The first-order valence-corrected chi connectivity index (χ1v) is 8.50. The zero-order valence-corrected chi connectivity index (χ0v) is 14.8. The first-order valence-electron chi connectivity index (χ1n) is 8.13. The quantitative estimate of drug-likeness (QED) is 0.610. The highest BCUT2D eigenvalue weighted by molar-refractivity contribution is 6.34. The molecule has 128 valence electrons. The van der Waals surface area contributed by atoms with E-state index in [1.165, 1.54) is 0 Å². The Kier molecular flexibility index (Phi) is 4.19. The second-order valence-corrected chi connectivity index (χ2v) is 6.40. The number of carbonyl (C=O) groups excluding carboxylic acids is 1. The van der Waals surface area contributed by atoms with Gasteiger partial charge in [0.1, 0.15) is 17.3 Å². The summed E-state index contributed by atoms with van der Waals surface area (Å²) in [5.41, 5.74) is 3.02. The van der Waals surface area contributed by atoms with Crippen molar-refractivity contribution in [3.05, 3.63) is 94.5 Å². The van der Waals surface area contributed by atoms with Gasteiger partial charge in [0.05, 0.1) is 12.0 Å². The molecule has 0 saturated heterocycles. The van der Waals surface area contributed by atoms with Crippen LogP contribution in [0.3, 0.4) is 0 Å². The smallest absolute Gasteiger partial charge is 0.282 e. The number of aliphatic imine (C=N–C) groups is 1. The van der Waals surface area contributed by atoms with Crippen LogP contribution in [-0.4, -0.2) is 11.7 Å². The van der Waals surface area contributed by atoms with Crippen molar-refractivity contribution in [2.24, 2.45) is 4.99 Å². The monoisotopic (exact) mass is 362 g/mol. The number of halogens is 1. The largest absolute Gasteiger partial charge is 0.465 e. The molecule has 1 aliphatic heterocycles. The minimum Gasteiger partial charge on any atom is -0.465 e. The van der Waals surface area contributed by atoms with Crippen LogP contribution in [0.25, 0.3) is 6.08 Å². The van der Waals surface area contributed by atoms with E-state index in [2.05, 4.69) is 4.99 Å². The van der Waals surface area contributed by atoms with E-state index in [0.717, 1.165) is 16.8 Å². The third-order valence-electron chi connectivity index (χ3n) is 4.08. The van der Waals surface area contributed by atoms with Crippen LogP contribution in [0.2, 0.25) is 5.02 Å². The van der Waals surface area contributed by atoms with Gasteiger partial charge in [0.25, 0.3) is 5.91 Å². The van der Waals surface area contributed by atoms with Gasteiger partial charge < -0.3 is 4.42 Å². The molecule has 0 unspecified atom stereocenters. The van der Waals surface area contributed by atoms with Gasteiger partial charge in [-0.3, -0.25) is 9.69 Å². The zero-order valence-electron chi connectivity index (χ0n) is 14.0. The predicted molar refractivity (Wildman–Crippen MR) is 103 cm³/mol. The molecule has 2 heterocycles. The van der Waals surface area contributed by atoms with Crippen molar-refractivity contribution in [3.63, 3.8) is 0 Å². The number of furan rings is 1. The predicted octanol–water partition coefficient (Wildman–Crippen LogP) is 5.08. The Morgan fingerprint density at radius 2 is 1.77 bits per heavy atom. The van der Waals surface area contributed by atoms with Gasteiger partial charge in [-0.05, 0) is 55.5 Å². The van der Waals surface area contributed by atoms with Crippen LogP contribution >= 0.6 is 11.6 Å². The lowest BCUT2D eigenvalue weighted by Crippen LogP contribution is -2.32. The van der Waals surface area contributed by atoms with Gasteiger partial charge in [-0.1, -0.05) is 29.3 Å². The van der Waals surface area contributed by atoms with E-state index in [0.29, 0.717) is 22.3 Å². The number of aryl methyl sites for hydroxylation is 1. The highest BCUT2D eigenvalue weighted by Gasteiger charge is 2.32. The van der Waals surface area contributed by atoms with Crippen LogP contribution in [0, 0.1) is 6.92 Å². The lowest BCUT2D eigenvalue weighted by atomic mass is 10.1. The molecule has 4 nitrogen and oxygen atoms in total. The Hall–Kier alpha value is -3.11. The van der Waals surface area contributed by atoms with Gasteiger partial charge >= 0.3 is 0 Å². The summed E-state index contributed by atoms with van der Waals surface area (Å²) in [7, 11) is 0. The summed E-state index contributed by atoms with van der Waals surface area (Å²) in [4.78, 5) is 19.2. The van der Waals surface area contributed by atoms with Crippen molar-refractivity contribution in [1.29, 1.82) is 0 Å². The minimum absolute atomic E-state index is 0.199. The molecular formula is C21H15ClN2O2. The summed E-state index contributed by atoms with van der Waals surface area (Å²) in [6.45, 7) is 2.01. The fourth-order valence-electron chi connectivity index (χ4n) is 2.75. The van der Waals surface area contributed by atoms with E-state index >= 15 is 0 Å². The number of amides is 1. The summed E-state index contributed by atoms with van der Waals surface area (Å²) in [5, 5.41) is 0.631. The minimum atomic E-state index is -0.199. The van der Waals surface area contributed by atoms with Gasteiger partial charge in [0.2, 0.25) is 0 Å². The number of hydrogen-bond donors (Lipinski definition) is 0. The second-order valence-electron chi connectivity index (χ2n) is 5.96. The van der Waals surface area contributed by atoms with Gasteiger partial charge in [-0.25, -0.2) is 4.99 Å². The molecule has 0 N–H and O–H groups in total. The molecule has 1 amide bonds. The average molecular weight is 363 g/mol. The normalized spacial score (nSPS) is 15.6. The first-order chi connectivity index (χ1) is 12.6. The first kappa shape index (κ1) is 16.4. The summed E-state index contributed by atoms with van der Waals surface area (Å²) >= 11 is 6.00. The van der Waals surface area contributed by atoms with Crippen molar-refractivity contribution in [2.75, 3.05) is 4.90 Å². The third kappa shape index (κ3) is 3.07. The van der Waals surface area contributed by atoms with E-state index in [9.17, 15) is 4.79 Å². The van der Waals surface area contributed by atoms with Crippen molar-refractivity contribution in [1.82, 2.24) is 0 Å². The molecule has 0 saturated carbocycles. The second kappa shape index (κ2) is 6.65. The highest BCUT2D eigenvalue weighted by Crippen LogP contribution is 2.28. The number of carbonyl (C=O) groups is 1. The number of anilines is 1. The number of rotatable bonds is 3. The fourth-order valence-corrected chi connectivity index (χ4v) is 2.88. The Labute approximate surface area is 156 Å². The van der Waals surface area contributed by atoms with E-state index in [-0.39, 0.29) is 5.91 Å². The van der Waals surface area contributed by atoms with Crippen molar-refractivity contribution in [3.8, 4) is 0 Å². The standard InChI is InChI=1S/C21H15ClN2O2/c1-14-4-10-17(11-5-14)24-20(15-6-8-16(22)9-7-15)23-19(21(24)25)13-18-3-2-12-26-18/h2-13H,1H3/b19-13+. The highest BCUT2D eigenvalue weighted by atomic mass is 35.5. The SMILES string of the molecule is Cc1ccc(N2C(=O)/C(=C\c3ccco3)N=C2c2ccc(Cl)cc2)cc1. The van der Waals surface area contributed by atoms with Gasteiger partial charge in [0, 0.05) is 16.7 Å². The van der Waals surface area contributed by atoms with Gasteiger partial charge in [0.15, 0.2) is 0 Å². The summed E-state index contributed by atoms with van der Waals surface area (Å²) in [5.74, 6) is 0.946. The van der Waals surface area contributed by atoms with Crippen molar-refractivity contribution < 1.29 is 9.21 Å². The zero-order chi connectivity index (χ0) is 18.1. The van der Waals surface area contributed by atoms with Crippen LogP contribution < -0.4 is 4.90 Å². The molecule has 1 aromatic heterocycles. The fraction of sp³-hybridized carbons (Fsp3) is 0.0476. The van der Waals surface area contributed by atoms with E-state index < -0.39 is 0 Å². The molecule has 0 fully saturated rings. The molecule has 5 heteroatoms. The maximum absolute atomic E-state index is 13.0. The molecule has 0 atom stereocenters. The lowest BCUT2D eigenvalue weighted by Gasteiger charge is -2.18. The molecule has 0 radical (unpaired) electrons. The van der Waals surface area contributed by atoms with E-state index in [1.807, 2.05) is 43.3 Å². The lowest BCUT2D eigenvalue weighted by molar-refractivity contribution is -0.113. The van der Waals surface area contributed by atoms with Gasteiger partial charge in [-0.2, -0.15) is 0 Å². The molecule has 2 aromatic carbocycles. The van der Waals surface area contributed by atoms with Crippen LogP contribution in [0.4, 0.5) is 5.69 Å². The van der Waals surface area contributed by atoms with E-state index in [1.54, 1.807) is 41.5 Å². The summed E-state index contributed by atoms with van der Waals surface area (Å²) in [6, 6.07) is 18.6. The molecular weight excluding hydrogens is 348 g/mol.